The molecule has 0 atom stereocenters. The molecule has 2 aromatic rings. The minimum atomic E-state index is -0.113. The van der Waals surface area contributed by atoms with Gasteiger partial charge in [0.2, 0.25) is 0 Å². The molecule has 2 heterocycles. The molecule has 0 bridgehead atoms. The first-order valence-corrected chi connectivity index (χ1v) is 6.72. The van der Waals surface area contributed by atoms with Gasteiger partial charge < -0.3 is 10.1 Å². The Hall–Kier alpha value is -0.800. The first-order valence-electron chi connectivity index (χ1n) is 5.93. The molecule has 2 nitrogen and oxygen atoms in total. The third kappa shape index (κ3) is 2.55. The zero-order valence-corrected chi connectivity index (χ0v) is 12.2. The van der Waals surface area contributed by atoms with E-state index >= 15 is 0 Å². The number of hydrogen-bond acceptors (Lipinski definition) is 1. The topological polar surface area (TPSA) is 30.4 Å². The summed E-state index contributed by atoms with van der Waals surface area (Å²) in [6.45, 7) is 6.32. The molecule has 2 N–H and O–H groups in total. The Morgan fingerprint density at radius 3 is 2.71 bits per heavy atom. The molecule has 0 saturated carbocycles. The monoisotopic (exact) mass is 294 g/mol. The fourth-order valence-electron chi connectivity index (χ4n) is 2.11. The van der Waals surface area contributed by atoms with Gasteiger partial charge in [0.05, 0.1) is 5.52 Å². The van der Waals surface area contributed by atoms with Gasteiger partial charge in [0, 0.05) is 21.9 Å². The summed E-state index contributed by atoms with van der Waals surface area (Å²) in [5, 5.41) is 0. The molecule has 0 aliphatic heterocycles. The fourth-order valence-corrected chi connectivity index (χ4v) is 2.66. The number of halogens is 1. The lowest BCUT2D eigenvalue weighted by Crippen LogP contribution is -2.32. The average Bonchev–Trinajstić information content (AvgIpc) is 2.49. The minimum Gasteiger partial charge on any atom is -0.326 e. The van der Waals surface area contributed by atoms with Crippen LogP contribution in [-0.4, -0.2) is 9.94 Å². The molecule has 0 aliphatic rings. The van der Waals surface area contributed by atoms with Gasteiger partial charge >= 0.3 is 0 Å². The molecule has 3 heteroatoms. The van der Waals surface area contributed by atoms with E-state index < -0.39 is 0 Å². The Kier molecular flexibility index (Phi) is 3.32. The highest BCUT2D eigenvalue weighted by Gasteiger charge is 2.16. The van der Waals surface area contributed by atoms with Crippen LogP contribution < -0.4 is 5.73 Å². The van der Waals surface area contributed by atoms with E-state index in [2.05, 4.69) is 65.5 Å². The van der Waals surface area contributed by atoms with Crippen molar-refractivity contribution in [3.05, 3.63) is 40.1 Å². The number of hydrogen-bond donors (Lipinski definition) is 1. The van der Waals surface area contributed by atoms with Crippen LogP contribution in [0.4, 0.5) is 0 Å². The number of pyridine rings is 1. The highest BCUT2D eigenvalue weighted by atomic mass is 79.9. The summed E-state index contributed by atoms with van der Waals surface area (Å²) in [6, 6.07) is 6.26. The maximum atomic E-state index is 6.06. The lowest BCUT2D eigenvalue weighted by Gasteiger charge is -2.18. The van der Waals surface area contributed by atoms with Gasteiger partial charge in [-0.3, -0.25) is 0 Å². The highest BCUT2D eigenvalue weighted by molar-refractivity contribution is 9.10. The van der Waals surface area contributed by atoms with E-state index in [9.17, 15) is 0 Å². The Labute approximate surface area is 111 Å². The van der Waals surface area contributed by atoms with Gasteiger partial charge in [-0.2, -0.15) is 0 Å². The zero-order valence-electron chi connectivity index (χ0n) is 10.6. The SMILES string of the molecule is Cc1c(Br)c2ccccn2c1CCC(C)(C)N. The van der Waals surface area contributed by atoms with Gasteiger partial charge in [-0.1, -0.05) is 6.07 Å². The van der Waals surface area contributed by atoms with Gasteiger partial charge in [0.25, 0.3) is 0 Å². The third-order valence-electron chi connectivity index (χ3n) is 3.14. The van der Waals surface area contributed by atoms with E-state index in [1.165, 1.54) is 21.2 Å². The minimum absolute atomic E-state index is 0.113. The van der Waals surface area contributed by atoms with Crippen LogP contribution in [0, 0.1) is 6.92 Å². The molecule has 2 aromatic heterocycles. The van der Waals surface area contributed by atoms with Crippen molar-refractivity contribution in [2.24, 2.45) is 5.73 Å². The highest BCUT2D eigenvalue weighted by Crippen LogP contribution is 2.29. The van der Waals surface area contributed by atoms with Gasteiger partial charge in [-0.25, -0.2) is 0 Å². The normalized spacial score (nSPS) is 12.3. The smallest absolute Gasteiger partial charge is 0.0597 e. The van der Waals surface area contributed by atoms with E-state index in [0.717, 1.165) is 12.8 Å². The second-order valence-electron chi connectivity index (χ2n) is 5.33. The Morgan fingerprint density at radius 2 is 2.06 bits per heavy atom. The molecule has 0 saturated heterocycles. The second-order valence-corrected chi connectivity index (χ2v) is 6.12. The van der Waals surface area contributed by atoms with E-state index in [1.54, 1.807) is 0 Å². The predicted octanol–water partition coefficient (Wildman–Crippen LogP) is 3.68. The van der Waals surface area contributed by atoms with Crippen LogP contribution in [0.5, 0.6) is 0 Å². The van der Waals surface area contributed by atoms with Crippen molar-refractivity contribution in [3.8, 4) is 0 Å². The molecule has 0 radical (unpaired) electrons. The molecule has 0 aliphatic carbocycles. The molecule has 17 heavy (non-hydrogen) atoms. The lowest BCUT2D eigenvalue weighted by atomic mass is 9.98. The van der Waals surface area contributed by atoms with Crippen molar-refractivity contribution in [1.29, 1.82) is 0 Å². The van der Waals surface area contributed by atoms with Crippen molar-refractivity contribution < 1.29 is 0 Å². The van der Waals surface area contributed by atoms with Gasteiger partial charge in [-0.15, -0.1) is 0 Å². The van der Waals surface area contributed by atoms with Gasteiger partial charge in [0.1, 0.15) is 0 Å². The van der Waals surface area contributed by atoms with Crippen molar-refractivity contribution in [2.75, 3.05) is 0 Å². The van der Waals surface area contributed by atoms with E-state index in [1.807, 2.05) is 0 Å². The maximum absolute atomic E-state index is 6.06. The van der Waals surface area contributed by atoms with E-state index in [0.29, 0.717) is 0 Å². The first kappa shape index (κ1) is 12.7. The quantitative estimate of drug-likeness (QED) is 0.920. The maximum Gasteiger partial charge on any atom is 0.0597 e. The summed E-state index contributed by atoms with van der Waals surface area (Å²) in [5.74, 6) is 0. The molecular weight excluding hydrogens is 276 g/mol. The Bertz CT molecular complexity index is 535. The summed E-state index contributed by atoms with van der Waals surface area (Å²) in [5.41, 5.74) is 9.85. The summed E-state index contributed by atoms with van der Waals surface area (Å²) >= 11 is 3.67. The summed E-state index contributed by atoms with van der Waals surface area (Å²) < 4.78 is 3.45. The number of aromatic nitrogens is 1. The van der Waals surface area contributed by atoms with Gasteiger partial charge in [0.15, 0.2) is 0 Å². The van der Waals surface area contributed by atoms with Crippen LogP contribution in [0.2, 0.25) is 0 Å². The number of fused-ring (bicyclic) bond motifs is 1. The van der Waals surface area contributed by atoms with Crippen molar-refractivity contribution in [1.82, 2.24) is 4.40 Å². The zero-order chi connectivity index (χ0) is 12.6. The first-order chi connectivity index (χ1) is 7.90. The van der Waals surface area contributed by atoms with Crippen LogP contribution in [0.1, 0.15) is 31.5 Å². The van der Waals surface area contributed by atoms with Crippen molar-refractivity contribution >= 4 is 21.4 Å². The number of nitrogens with zero attached hydrogens (tertiary/aromatic N) is 1. The molecule has 0 aromatic carbocycles. The van der Waals surface area contributed by atoms with Crippen molar-refractivity contribution in [3.63, 3.8) is 0 Å². The summed E-state index contributed by atoms with van der Waals surface area (Å²) in [4.78, 5) is 0. The molecule has 0 unspecified atom stereocenters. The fraction of sp³-hybridized carbons (Fsp3) is 0.429. The number of nitrogens with two attached hydrogens (primary N) is 1. The van der Waals surface area contributed by atoms with Crippen molar-refractivity contribution in [2.45, 2.75) is 39.2 Å². The number of rotatable bonds is 3. The third-order valence-corrected chi connectivity index (χ3v) is 4.14. The summed E-state index contributed by atoms with van der Waals surface area (Å²) in [7, 11) is 0. The van der Waals surface area contributed by atoms with Crippen LogP contribution in [0.3, 0.4) is 0 Å². The standard InChI is InChI=1S/C14H19BrN2/c1-10-11(7-8-14(2,3)16)17-9-5-4-6-12(17)13(10)15/h4-6,9H,7-8,16H2,1-3H3. The van der Waals surface area contributed by atoms with Crippen LogP contribution in [0.25, 0.3) is 5.52 Å². The van der Waals surface area contributed by atoms with Crippen LogP contribution >= 0.6 is 15.9 Å². The predicted molar refractivity (Wildman–Crippen MR) is 76.4 cm³/mol. The van der Waals surface area contributed by atoms with Crippen LogP contribution in [0.15, 0.2) is 28.9 Å². The van der Waals surface area contributed by atoms with E-state index in [4.69, 9.17) is 5.73 Å². The van der Waals surface area contributed by atoms with Crippen LogP contribution in [-0.2, 0) is 6.42 Å². The molecule has 0 spiro atoms. The molecule has 0 fully saturated rings. The summed E-state index contributed by atoms with van der Waals surface area (Å²) in [6.07, 6.45) is 4.11. The molecule has 92 valence electrons. The second kappa shape index (κ2) is 4.46. The number of aryl methyl sites for hydroxylation is 1. The molecular formula is C14H19BrN2. The van der Waals surface area contributed by atoms with E-state index in [-0.39, 0.29) is 5.54 Å². The molecule has 0 amide bonds. The molecule has 2 rings (SSSR count). The Balaban J connectivity index is 2.43. The van der Waals surface area contributed by atoms with Gasteiger partial charge in [-0.05, 0) is 67.2 Å². The largest absolute Gasteiger partial charge is 0.326 e. The Morgan fingerprint density at radius 1 is 1.35 bits per heavy atom. The lowest BCUT2D eigenvalue weighted by molar-refractivity contribution is 0.473. The average molecular weight is 295 g/mol.